The zero-order chi connectivity index (χ0) is 15.2. The van der Waals surface area contributed by atoms with Gasteiger partial charge in [0.25, 0.3) is 0 Å². The van der Waals surface area contributed by atoms with E-state index in [0.717, 1.165) is 44.7 Å². The van der Waals surface area contributed by atoms with Gasteiger partial charge < -0.3 is 10.2 Å². The van der Waals surface area contributed by atoms with Crippen LogP contribution in [0.25, 0.3) is 0 Å². The summed E-state index contributed by atoms with van der Waals surface area (Å²) in [6, 6.07) is 7.79. The average Bonchev–Trinajstić information content (AvgIpc) is 2.49. The minimum absolute atomic E-state index is 0.0886. The molecule has 2 rings (SSSR count). The summed E-state index contributed by atoms with van der Waals surface area (Å²) in [6.07, 6.45) is 0.941. The Kier molecular flexibility index (Phi) is 6.15. The van der Waals surface area contributed by atoms with E-state index in [-0.39, 0.29) is 11.9 Å². The number of rotatable bonds is 6. The maximum Gasteiger partial charge on any atom is 0.127 e. The molecule has 118 valence electrons. The summed E-state index contributed by atoms with van der Waals surface area (Å²) < 4.78 is 13.9. The fourth-order valence-corrected chi connectivity index (χ4v) is 3.27. The molecule has 1 aliphatic heterocycles. The van der Waals surface area contributed by atoms with Crippen LogP contribution in [0, 0.1) is 5.82 Å². The van der Waals surface area contributed by atoms with E-state index in [4.69, 9.17) is 0 Å². The lowest BCUT2D eigenvalue weighted by Gasteiger charge is -2.39. The predicted molar refractivity (Wildman–Crippen MR) is 86.0 cm³/mol. The van der Waals surface area contributed by atoms with Crippen LogP contribution in [0.2, 0.25) is 0 Å². The maximum atomic E-state index is 13.9. The van der Waals surface area contributed by atoms with Gasteiger partial charge in [0.05, 0.1) is 0 Å². The van der Waals surface area contributed by atoms with Crippen LogP contribution in [0.4, 0.5) is 4.39 Å². The number of hydrogen-bond acceptors (Lipinski definition) is 3. The first kappa shape index (κ1) is 16.4. The molecular formula is C17H28FN3. The molecule has 0 spiro atoms. The lowest BCUT2D eigenvalue weighted by atomic mass is 10.0. The van der Waals surface area contributed by atoms with Crippen LogP contribution in [0.15, 0.2) is 24.3 Å². The summed E-state index contributed by atoms with van der Waals surface area (Å²) in [6.45, 7) is 10.0. The molecule has 0 aliphatic carbocycles. The first-order valence-electron chi connectivity index (χ1n) is 8.03. The zero-order valence-corrected chi connectivity index (χ0v) is 13.5. The maximum absolute atomic E-state index is 13.9. The van der Waals surface area contributed by atoms with E-state index in [9.17, 15) is 4.39 Å². The molecule has 4 heteroatoms. The van der Waals surface area contributed by atoms with Gasteiger partial charge >= 0.3 is 0 Å². The lowest BCUT2D eigenvalue weighted by molar-refractivity contribution is 0.0853. The molecule has 1 aliphatic rings. The van der Waals surface area contributed by atoms with Gasteiger partial charge in [-0.1, -0.05) is 25.1 Å². The van der Waals surface area contributed by atoms with Gasteiger partial charge in [-0.3, -0.25) is 4.90 Å². The van der Waals surface area contributed by atoms with Crippen molar-refractivity contribution in [1.82, 2.24) is 15.1 Å². The first-order chi connectivity index (χ1) is 10.2. The Morgan fingerprint density at radius 1 is 1.33 bits per heavy atom. The van der Waals surface area contributed by atoms with E-state index in [1.165, 1.54) is 0 Å². The van der Waals surface area contributed by atoms with E-state index in [1.54, 1.807) is 12.1 Å². The van der Waals surface area contributed by atoms with Crippen molar-refractivity contribution >= 4 is 0 Å². The van der Waals surface area contributed by atoms with Crippen molar-refractivity contribution in [3.63, 3.8) is 0 Å². The Morgan fingerprint density at radius 3 is 2.71 bits per heavy atom. The lowest BCUT2D eigenvalue weighted by Crippen LogP contribution is -2.51. The normalized spacial score (nSPS) is 22.4. The molecule has 0 saturated carbocycles. The SMILES string of the molecule is CCN1CCN(CCC(NC)c2ccccc2F)CC1C. The summed E-state index contributed by atoms with van der Waals surface area (Å²) in [5, 5.41) is 3.25. The quantitative estimate of drug-likeness (QED) is 0.869. The second kappa shape index (κ2) is 7.87. The molecule has 0 radical (unpaired) electrons. The number of nitrogens with zero attached hydrogens (tertiary/aromatic N) is 2. The second-order valence-electron chi connectivity index (χ2n) is 5.93. The molecule has 1 N–H and O–H groups in total. The van der Waals surface area contributed by atoms with Crippen molar-refractivity contribution in [3.05, 3.63) is 35.6 Å². The third-order valence-corrected chi connectivity index (χ3v) is 4.62. The van der Waals surface area contributed by atoms with Crippen LogP contribution >= 0.6 is 0 Å². The van der Waals surface area contributed by atoms with Crippen molar-refractivity contribution in [2.24, 2.45) is 0 Å². The fourth-order valence-electron chi connectivity index (χ4n) is 3.27. The minimum Gasteiger partial charge on any atom is -0.313 e. The van der Waals surface area contributed by atoms with E-state index in [1.807, 2.05) is 19.2 Å². The summed E-state index contributed by atoms with van der Waals surface area (Å²) >= 11 is 0. The average molecular weight is 293 g/mol. The van der Waals surface area contributed by atoms with Gasteiger partial charge in [0, 0.05) is 43.8 Å². The molecule has 0 bridgehead atoms. The minimum atomic E-state index is -0.110. The van der Waals surface area contributed by atoms with Crippen LogP contribution in [0.3, 0.4) is 0 Å². The number of hydrogen-bond donors (Lipinski definition) is 1. The molecule has 1 fully saturated rings. The largest absolute Gasteiger partial charge is 0.313 e. The van der Waals surface area contributed by atoms with Crippen LogP contribution in [-0.2, 0) is 0 Å². The van der Waals surface area contributed by atoms with Gasteiger partial charge in [-0.2, -0.15) is 0 Å². The summed E-state index contributed by atoms with van der Waals surface area (Å²) in [4.78, 5) is 5.02. The Morgan fingerprint density at radius 2 is 2.10 bits per heavy atom. The highest BCUT2D eigenvalue weighted by molar-refractivity contribution is 5.21. The van der Waals surface area contributed by atoms with Gasteiger partial charge in [-0.05, 0) is 33.0 Å². The standard InChI is InChI=1S/C17H28FN3/c1-4-21-12-11-20(13-14(21)2)10-9-17(19-3)15-7-5-6-8-16(15)18/h5-8,14,17,19H,4,9-13H2,1-3H3. The third kappa shape index (κ3) is 4.25. The van der Waals surface area contributed by atoms with Gasteiger partial charge in [0.1, 0.15) is 5.82 Å². The number of benzene rings is 1. The monoisotopic (exact) mass is 293 g/mol. The second-order valence-corrected chi connectivity index (χ2v) is 5.93. The summed E-state index contributed by atoms with van der Waals surface area (Å²) in [5.74, 6) is -0.110. The molecule has 1 aromatic carbocycles. The highest BCUT2D eigenvalue weighted by Gasteiger charge is 2.23. The first-order valence-corrected chi connectivity index (χ1v) is 8.03. The highest BCUT2D eigenvalue weighted by atomic mass is 19.1. The van der Waals surface area contributed by atoms with Crippen molar-refractivity contribution in [2.75, 3.05) is 39.8 Å². The molecule has 1 aromatic rings. The van der Waals surface area contributed by atoms with Crippen molar-refractivity contribution in [3.8, 4) is 0 Å². The van der Waals surface area contributed by atoms with E-state index in [0.29, 0.717) is 6.04 Å². The number of piperazine rings is 1. The number of halogens is 1. The van der Waals surface area contributed by atoms with Gasteiger partial charge in [-0.25, -0.2) is 4.39 Å². The zero-order valence-electron chi connectivity index (χ0n) is 13.5. The Hall–Kier alpha value is -0.970. The number of likely N-dealkylation sites (N-methyl/N-ethyl adjacent to an activating group) is 1. The molecule has 0 amide bonds. The molecule has 2 atom stereocenters. The Bertz CT molecular complexity index is 438. The Labute approximate surface area is 128 Å². The molecule has 2 unspecified atom stereocenters. The smallest absolute Gasteiger partial charge is 0.127 e. The van der Waals surface area contributed by atoms with E-state index < -0.39 is 0 Å². The molecule has 1 saturated heterocycles. The van der Waals surface area contributed by atoms with Crippen LogP contribution < -0.4 is 5.32 Å². The molecule has 3 nitrogen and oxygen atoms in total. The summed E-state index contributed by atoms with van der Waals surface area (Å²) in [7, 11) is 1.91. The third-order valence-electron chi connectivity index (χ3n) is 4.62. The summed E-state index contributed by atoms with van der Waals surface area (Å²) in [5.41, 5.74) is 0.778. The van der Waals surface area contributed by atoms with Gasteiger partial charge in [-0.15, -0.1) is 0 Å². The van der Waals surface area contributed by atoms with E-state index in [2.05, 4.69) is 29.0 Å². The van der Waals surface area contributed by atoms with E-state index >= 15 is 0 Å². The predicted octanol–water partition coefficient (Wildman–Crippen LogP) is 2.50. The van der Waals surface area contributed by atoms with Crippen molar-refractivity contribution in [2.45, 2.75) is 32.4 Å². The van der Waals surface area contributed by atoms with Crippen molar-refractivity contribution in [1.29, 1.82) is 0 Å². The number of nitrogens with one attached hydrogen (secondary N) is 1. The molecular weight excluding hydrogens is 265 g/mol. The highest BCUT2D eigenvalue weighted by Crippen LogP contribution is 2.20. The van der Waals surface area contributed by atoms with Crippen LogP contribution in [0.5, 0.6) is 0 Å². The van der Waals surface area contributed by atoms with Crippen LogP contribution in [0.1, 0.15) is 31.9 Å². The molecule has 0 aromatic heterocycles. The van der Waals surface area contributed by atoms with Gasteiger partial charge in [0.15, 0.2) is 0 Å². The fraction of sp³-hybridized carbons (Fsp3) is 0.647. The topological polar surface area (TPSA) is 18.5 Å². The molecule has 21 heavy (non-hydrogen) atoms. The van der Waals surface area contributed by atoms with Crippen molar-refractivity contribution < 1.29 is 4.39 Å². The van der Waals surface area contributed by atoms with Crippen LogP contribution in [-0.4, -0.2) is 55.6 Å². The molecule has 1 heterocycles. The van der Waals surface area contributed by atoms with Gasteiger partial charge in [0.2, 0.25) is 0 Å². The Balaban J connectivity index is 1.88.